The summed E-state index contributed by atoms with van der Waals surface area (Å²) in [7, 11) is 0. The van der Waals surface area contributed by atoms with E-state index in [1.807, 2.05) is 0 Å². The first kappa shape index (κ1) is 22.8. The highest BCUT2D eigenvalue weighted by Gasteiger charge is 2.67. The topological polar surface area (TPSA) is 57.5 Å². The van der Waals surface area contributed by atoms with Crippen molar-refractivity contribution >= 4 is 5.78 Å². The van der Waals surface area contributed by atoms with Gasteiger partial charge in [0.1, 0.15) is 11.4 Å². The molecule has 0 radical (unpaired) electrons. The molecular weight excluding hydrogens is 372 g/mol. The van der Waals surface area contributed by atoms with Crippen molar-refractivity contribution in [2.75, 3.05) is 0 Å². The molecule has 4 fully saturated rings. The van der Waals surface area contributed by atoms with Crippen LogP contribution in [0.25, 0.3) is 0 Å². The number of rotatable bonds is 5. The van der Waals surface area contributed by atoms with Gasteiger partial charge in [0, 0.05) is 18.3 Å². The molecule has 30 heavy (non-hydrogen) atoms. The van der Waals surface area contributed by atoms with Gasteiger partial charge in [-0.25, -0.2) is 0 Å². The number of aliphatic hydroxyl groups excluding tert-OH is 1. The number of hydrogen-bond donors (Lipinski definition) is 2. The lowest BCUT2D eigenvalue weighted by atomic mass is 9.42. The largest absolute Gasteiger partial charge is 0.390 e. The molecule has 0 saturated heterocycles. The molecule has 4 aliphatic carbocycles. The fourth-order valence-corrected chi connectivity index (χ4v) is 9.10. The van der Waals surface area contributed by atoms with Gasteiger partial charge in [-0.05, 0) is 79.4 Å². The van der Waals surface area contributed by atoms with E-state index in [4.69, 9.17) is 0 Å². The second-order valence-corrected chi connectivity index (χ2v) is 12.7. The Hall–Kier alpha value is -0.410. The first-order chi connectivity index (χ1) is 14.0. The van der Waals surface area contributed by atoms with Gasteiger partial charge in [0.2, 0.25) is 0 Å². The molecule has 172 valence electrons. The summed E-state index contributed by atoms with van der Waals surface area (Å²) in [6.45, 7) is 11.9. The van der Waals surface area contributed by atoms with E-state index in [0.29, 0.717) is 36.0 Å². The van der Waals surface area contributed by atoms with Crippen molar-refractivity contribution in [2.45, 2.75) is 117 Å². The maximum absolute atomic E-state index is 12.2. The number of fused-ring (bicyclic) bond motifs is 5. The molecular formula is C27H46O3. The van der Waals surface area contributed by atoms with Gasteiger partial charge in [0.15, 0.2) is 0 Å². The molecule has 9 atom stereocenters. The molecule has 2 N–H and O–H groups in total. The zero-order valence-electron chi connectivity index (χ0n) is 20.1. The summed E-state index contributed by atoms with van der Waals surface area (Å²) in [6, 6.07) is 0. The number of hydrogen-bond acceptors (Lipinski definition) is 3. The Morgan fingerprint density at radius 3 is 2.47 bits per heavy atom. The number of carbonyl (C=O) groups excluding carboxylic acids is 1. The lowest BCUT2D eigenvalue weighted by Gasteiger charge is -2.64. The van der Waals surface area contributed by atoms with Crippen LogP contribution in [0.15, 0.2) is 0 Å². The summed E-state index contributed by atoms with van der Waals surface area (Å²) >= 11 is 0. The van der Waals surface area contributed by atoms with Crippen LogP contribution in [0, 0.1) is 46.3 Å². The zero-order chi connectivity index (χ0) is 21.9. The lowest BCUT2D eigenvalue weighted by Crippen LogP contribution is -2.68. The third-order valence-electron chi connectivity index (χ3n) is 10.9. The molecule has 4 saturated carbocycles. The predicted molar refractivity (Wildman–Crippen MR) is 121 cm³/mol. The van der Waals surface area contributed by atoms with Crippen LogP contribution in [-0.4, -0.2) is 27.7 Å². The minimum atomic E-state index is -1.21. The van der Waals surface area contributed by atoms with Crippen molar-refractivity contribution in [1.29, 1.82) is 0 Å². The summed E-state index contributed by atoms with van der Waals surface area (Å²) in [4.78, 5) is 12.2. The Labute approximate surface area is 184 Å². The van der Waals surface area contributed by atoms with Crippen molar-refractivity contribution < 1.29 is 15.0 Å². The van der Waals surface area contributed by atoms with Gasteiger partial charge < -0.3 is 10.2 Å². The van der Waals surface area contributed by atoms with Crippen LogP contribution in [0.5, 0.6) is 0 Å². The molecule has 0 aromatic heterocycles. The number of aliphatic hydroxyl groups is 2. The molecule has 0 aliphatic heterocycles. The monoisotopic (exact) mass is 418 g/mol. The fraction of sp³-hybridized carbons (Fsp3) is 0.963. The van der Waals surface area contributed by atoms with E-state index in [1.165, 1.54) is 38.5 Å². The number of ketones is 1. The summed E-state index contributed by atoms with van der Waals surface area (Å²) < 4.78 is 0. The first-order valence-electron chi connectivity index (χ1n) is 12.9. The quantitative estimate of drug-likeness (QED) is 0.596. The van der Waals surface area contributed by atoms with Crippen LogP contribution in [0.2, 0.25) is 0 Å². The highest BCUT2D eigenvalue weighted by atomic mass is 16.3. The second kappa shape index (κ2) is 7.87. The van der Waals surface area contributed by atoms with E-state index in [9.17, 15) is 15.0 Å². The average Bonchev–Trinajstić information content (AvgIpc) is 3.01. The van der Waals surface area contributed by atoms with Gasteiger partial charge in [-0.2, -0.15) is 0 Å². The highest BCUT2D eigenvalue weighted by Crippen LogP contribution is 2.69. The summed E-state index contributed by atoms with van der Waals surface area (Å²) in [5.41, 5.74) is -1.14. The maximum Gasteiger partial charge on any atom is 0.135 e. The highest BCUT2D eigenvalue weighted by molar-refractivity contribution is 5.81. The first-order valence-corrected chi connectivity index (χ1v) is 12.9. The molecule has 0 unspecified atom stereocenters. The zero-order valence-corrected chi connectivity index (χ0v) is 20.1. The minimum Gasteiger partial charge on any atom is -0.390 e. The Kier molecular flexibility index (Phi) is 5.97. The van der Waals surface area contributed by atoms with Crippen LogP contribution in [-0.2, 0) is 4.79 Å². The van der Waals surface area contributed by atoms with Crippen LogP contribution in [0.4, 0.5) is 0 Å². The Morgan fingerprint density at radius 2 is 1.77 bits per heavy atom. The van der Waals surface area contributed by atoms with Gasteiger partial charge in [0.25, 0.3) is 0 Å². The molecule has 0 bridgehead atoms. The van der Waals surface area contributed by atoms with Crippen LogP contribution < -0.4 is 0 Å². The molecule has 3 nitrogen and oxygen atoms in total. The third-order valence-corrected chi connectivity index (χ3v) is 10.9. The molecule has 0 aromatic carbocycles. The van der Waals surface area contributed by atoms with Crippen molar-refractivity contribution in [3.05, 3.63) is 0 Å². The van der Waals surface area contributed by atoms with Crippen molar-refractivity contribution in [3.63, 3.8) is 0 Å². The lowest BCUT2D eigenvalue weighted by molar-refractivity contribution is -0.248. The van der Waals surface area contributed by atoms with E-state index in [1.54, 1.807) is 0 Å². The molecule has 0 aromatic rings. The molecule has 0 spiro atoms. The number of carbonyl (C=O) groups is 1. The van der Waals surface area contributed by atoms with E-state index in [-0.39, 0.29) is 17.6 Å². The van der Waals surface area contributed by atoms with Gasteiger partial charge in [-0.15, -0.1) is 0 Å². The minimum absolute atomic E-state index is 0.129. The average molecular weight is 419 g/mol. The SMILES string of the molecule is CC(C)CCC[C@@H](C)[C@H]1CC[C@H]2[C@@H]3C[C@H](O)[C@]4(O)CC(=O)CC[C@]4(C)[C@H]3CC[C@]12C. The molecule has 0 amide bonds. The molecule has 0 heterocycles. The van der Waals surface area contributed by atoms with Gasteiger partial charge in [0.05, 0.1) is 6.10 Å². The van der Waals surface area contributed by atoms with Crippen LogP contribution in [0.1, 0.15) is 105 Å². The van der Waals surface area contributed by atoms with Gasteiger partial charge in [-0.3, -0.25) is 4.79 Å². The van der Waals surface area contributed by atoms with Gasteiger partial charge in [-0.1, -0.05) is 53.9 Å². The normalized spacial score (nSPS) is 49.5. The van der Waals surface area contributed by atoms with Crippen molar-refractivity contribution in [1.82, 2.24) is 0 Å². The second-order valence-electron chi connectivity index (χ2n) is 12.7. The van der Waals surface area contributed by atoms with E-state index in [0.717, 1.165) is 30.6 Å². The Balaban J connectivity index is 1.54. The van der Waals surface area contributed by atoms with E-state index in [2.05, 4.69) is 34.6 Å². The fourth-order valence-electron chi connectivity index (χ4n) is 9.10. The smallest absolute Gasteiger partial charge is 0.135 e. The van der Waals surface area contributed by atoms with Crippen molar-refractivity contribution in [3.8, 4) is 0 Å². The Morgan fingerprint density at radius 1 is 1.03 bits per heavy atom. The number of Topliss-reactive ketones (excluding diaryl/α,β-unsaturated/α-hetero) is 1. The van der Waals surface area contributed by atoms with E-state index < -0.39 is 11.7 Å². The predicted octanol–water partition coefficient (Wildman–Crippen LogP) is 5.76. The molecule has 4 rings (SSSR count). The van der Waals surface area contributed by atoms with Crippen molar-refractivity contribution in [2.24, 2.45) is 46.3 Å². The standard InChI is InChI=1S/C27H46O3/c1-17(2)7-6-8-18(3)21-9-10-22-20-15-24(29)27(30)16-19(28)11-14-26(27,5)23(20)12-13-25(21,22)4/h17-18,20-24,29-30H,6-16H2,1-5H3/t18-,20+,21-,22+,23+,24+,25-,26-,27-/m1/s1. The van der Waals surface area contributed by atoms with Gasteiger partial charge >= 0.3 is 0 Å². The summed E-state index contributed by atoms with van der Waals surface area (Å²) in [6.07, 6.45) is 10.5. The summed E-state index contributed by atoms with van der Waals surface area (Å²) in [5.74, 6) is 4.13. The molecule has 4 aliphatic rings. The molecule has 3 heteroatoms. The van der Waals surface area contributed by atoms with Crippen LogP contribution in [0.3, 0.4) is 0 Å². The van der Waals surface area contributed by atoms with Crippen LogP contribution >= 0.6 is 0 Å². The third kappa shape index (κ3) is 3.33. The summed E-state index contributed by atoms with van der Waals surface area (Å²) in [5, 5.41) is 22.7. The van der Waals surface area contributed by atoms with E-state index >= 15 is 0 Å². The maximum atomic E-state index is 12.2. The Bertz CT molecular complexity index is 658.